The van der Waals surface area contributed by atoms with Crippen LogP contribution in [-0.2, 0) is 44.1 Å². The van der Waals surface area contributed by atoms with Crippen molar-refractivity contribution in [1.29, 1.82) is 0 Å². The number of carbonyl (C=O) groups is 2. The zero-order valence-electron chi connectivity index (χ0n) is 26.4. The first-order valence-electron chi connectivity index (χ1n) is 15.0. The standard InChI is InChI=1S/2C15H11F2O2.2C5H5.Ti/c2*16-12-7-8-14(13(17)10-12)19-15(18)9-6-11-4-2-1-3-5-11;2*1-2-4-5-3-1;/h2*1-5,7-8H,6,9H2;2*1-3H,4H2;/q4*-1;+4. The zero-order chi connectivity index (χ0) is 34.4. The summed E-state index contributed by atoms with van der Waals surface area (Å²) in [4.78, 5) is 23.1. The normalized spacial score (nSPS) is 11.5. The number of hydrogen-bond donors (Lipinski definition) is 0. The molecule has 0 unspecified atom stereocenters. The van der Waals surface area contributed by atoms with Crippen LogP contribution in [0.1, 0.15) is 36.8 Å². The Bertz CT molecular complexity index is 1560. The first-order valence-corrected chi connectivity index (χ1v) is 15.0. The van der Waals surface area contributed by atoms with Crippen molar-refractivity contribution in [2.24, 2.45) is 0 Å². The molecule has 4 aromatic rings. The van der Waals surface area contributed by atoms with Crippen LogP contribution in [0, 0.1) is 47.6 Å². The van der Waals surface area contributed by atoms with Gasteiger partial charge in [-0.15, -0.1) is 49.2 Å². The van der Waals surface area contributed by atoms with Gasteiger partial charge in [0.2, 0.25) is 0 Å². The van der Waals surface area contributed by atoms with Gasteiger partial charge in [0.25, 0.3) is 11.9 Å². The number of allylic oxidation sites excluding steroid dienone is 8. The summed E-state index contributed by atoms with van der Waals surface area (Å²) in [7, 11) is 0. The van der Waals surface area contributed by atoms with Crippen molar-refractivity contribution in [2.45, 2.75) is 38.5 Å². The van der Waals surface area contributed by atoms with Gasteiger partial charge in [-0.2, -0.15) is 12.2 Å². The number of rotatable bonds is 8. The predicted molar refractivity (Wildman–Crippen MR) is 174 cm³/mol. The van der Waals surface area contributed by atoms with E-state index in [1.165, 1.54) is 0 Å². The molecule has 6 rings (SSSR count). The summed E-state index contributed by atoms with van der Waals surface area (Å²) in [6.07, 6.45) is 21.3. The van der Waals surface area contributed by atoms with E-state index in [1.807, 2.05) is 97.1 Å². The van der Waals surface area contributed by atoms with Crippen molar-refractivity contribution in [1.82, 2.24) is 0 Å². The Hall–Kier alpha value is -4.79. The summed E-state index contributed by atoms with van der Waals surface area (Å²) >= 11 is 0. The molecule has 4 nitrogen and oxygen atoms in total. The topological polar surface area (TPSA) is 52.6 Å². The van der Waals surface area contributed by atoms with E-state index in [0.29, 0.717) is 12.8 Å². The summed E-state index contributed by atoms with van der Waals surface area (Å²) in [5.74, 6) is -5.42. The van der Waals surface area contributed by atoms with Gasteiger partial charge in [-0.1, -0.05) is 60.7 Å². The van der Waals surface area contributed by atoms with Crippen LogP contribution >= 0.6 is 0 Å². The third kappa shape index (κ3) is 17.3. The summed E-state index contributed by atoms with van der Waals surface area (Å²) < 4.78 is 61.3. The Morgan fingerprint density at radius 3 is 1.24 bits per heavy atom. The van der Waals surface area contributed by atoms with E-state index in [1.54, 1.807) is 0 Å². The fourth-order valence-corrected chi connectivity index (χ4v) is 3.83. The van der Waals surface area contributed by atoms with Crippen LogP contribution in [0.2, 0.25) is 0 Å². The van der Waals surface area contributed by atoms with Crippen molar-refractivity contribution >= 4 is 11.9 Å². The van der Waals surface area contributed by atoms with Gasteiger partial charge in [0.05, 0.1) is 23.1 Å². The van der Waals surface area contributed by atoms with Crippen LogP contribution in [0.15, 0.2) is 121 Å². The molecular weight excluding hydrogens is 668 g/mol. The maximum Gasteiger partial charge on any atom is 4.00 e. The Morgan fingerprint density at radius 2 is 0.959 bits per heavy atom. The van der Waals surface area contributed by atoms with Gasteiger partial charge < -0.3 is 9.47 Å². The number of hydrogen-bond acceptors (Lipinski definition) is 4. The molecule has 0 amide bonds. The smallest absolute Gasteiger partial charge is 0.488 e. The minimum Gasteiger partial charge on any atom is -0.488 e. The average molecular weight is 701 g/mol. The first kappa shape index (κ1) is 40.4. The second-order valence-corrected chi connectivity index (χ2v) is 9.89. The van der Waals surface area contributed by atoms with Crippen molar-refractivity contribution in [3.05, 3.63) is 180 Å². The Kier molecular flexibility index (Phi) is 19.4. The fraction of sp³-hybridized carbons (Fsp3) is 0.150. The number of halogens is 4. The minimum absolute atomic E-state index is 0. The number of aryl methyl sites for hydroxylation is 2. The predicted octanol–water partition coefficient (Wildman–Crippen LogP) is 9.22. The van der Waals surface area contributed by atoms with E-state index in [9.17, 15) is 27.2 Å². The molecule has 4 aromatic carbocycles. The quantitative estimate of drug-likeness (QED) is 0.0605. The second-order valence-electron chi connectivity index (χ2n) is 9.89. The van der Waals surface area contributed by atoms with Crippen molar-refractivity contribution in [2.75, 3.05) is 0 Å². The summed E-state index contributed by atoms with van der Waals surface area (Å²) in [5.41, 5.74) is 1.98. The first-order chi connectivity index (χ1) is 23.3. The van der Waals surface area contributed by atoms with Crippen molar-refractivity contribution < 1.29 is 58.3 Å². The molecule has 9 heteroatoms. The van der Waals surface area contributed by atoms with E-state index >= 15 is 0 Å². The van der Waals surface area contributed by atoms with Gasteiger partial charge in [0, 0.05) is 24.5 Å². The van der Waals surface area contributed by atoms with Gasteiger partial charge in [0.15, 0.2) is 0 Å². The van der Waals surface area contributed by atoms with Crippen LogP contribution in [0.25, 0.3) is 0 Å². The molecule has 0 aromatic heterocycles. The van der Waals surface area contributed by atoms with Gasteiger partial charge in [-0.05, 0) is 24.0 Å². The van der Waals surface area contributed by atoms with Crippen molar-refractivity contribution in [3.8, 4) is 11.5 Å². The van der Waals surface area contributed by atoms with Gasteiger partial charge >= 0.3 is 21.7 Å². The Labute approximate surface area is 299 Å². The van der Waals surface area contributed by atoms with E-state index in [2.05, 4.69) is 24.3 Å². The number of carbonyl (C=O) groups excluding carboxylic acids is 2. The molecule has 0 radical (unpaired) electrons. The molecule has 0 aliphatic heterocycles. The molecule has 0 atom stereocenters. The second kappa shape index (κ2) is 23.5. The van der Waals surface area contributed by atoms with E-state index in [4.69, 9.17) is 9.47 Å². The van der Waals surface area contributed by atoms with Crippen LogP contribution in [0.3, 0.4) is 0 Å². The SMILES string of the molecule is O=C(CCc1ccccc1)Oc1ccc(F)[c-]c1F.O=C(CCc1ccccc1)Oc1ccc(F)[c-]c1F.[C-]1=CC=CC1.[C-]1=CC=CC1.[Ti+4]. The van der Waals surface area contributed by atoms with Crippen LogP contribution in [0.5, 0.6) is 11.5 Å². The molecule has 0 bridgehead atoms. The molecule has 0 saturated heterocycles. The van der Waals surface area contributed by atoms with Crippen LogP contribution in [-0.4, -0.2) is 11.9 Å². The molecule has 248 valence electrons. The average Bonchev–Trinajstić information content (AvgIpc) is 3.88. The molecule has 0 spiro atoms. The zero-order valence-corrected chi connectivity index (χ0v) is 28.0. The van der Waals surface area contributed by atoms with Crippen LogP contribution < -0.4 is 9.47 Å². The molecule has 49 heavy (non-hydrogen) atoms. The maximum atomic E-state index is 13.2. The molecule has 0 N–H and O–H groups in total. The maximum absolute atomic E-state index is 13.2. The van der Waals surface area contributed by atoms with E-state index in [0.717, 1.165) is 48.2 Å². The minimum atomic E-state index is -1.01. The van der Waals surface area contributed by atoms with Gasteiger partial charge in [-0.25, -0.2) is 41.9 Å². The van der Waals surface area contributed by atoms with Crippen LogP contribution in [0.4, 0.5) is 17.6 Å². The molecular formula is C40H32F4O4Ti. The number of esters is 2. The Balaban J connectivity index is 0.000000260. The summed E-state index contributed by atoms with van der Waals surface area (Å²) in [5, 5.41) is 0. The summed E-state index contributed by atoms with van der Waals surface area (Å²) in [6.45, 7) is 0. The molecule has 2 aliphatic rings. The third-order valence-electron chi connectivity index (χ3n) is 6.19. The number of benzene rings is 4. The van der Waals surface area contributed by atoms with E-state index in [-0.39, 0.29) is 46.1 Å². The van der Waals surface area contributed by atoms with E-state index < -0.39 is 35.2 Å². The molecule has 0 heterocycles. The summed E-state index contributed by atoms with van der Waals surface area (Å²) in [6, 6.07) is 26.5. The molecule has 0 fully saturated rings. The fourth-order valence-electron chi connectivity index (χ4n) is 3.83. The molecule has 2 aliphatic carbocycles. The van der Waals surface area contributed by atoms with Crippen molar-refractivity contribution in [3.63, 3.8) is 0 Å². The third-order valence-corrected chi connectivity index (χ3v) is 6.19. The number of ether oxygens (including phenoxy) is 2. The monoisotopic (exact) mass is 700 g/mol. The largest absolute Gasteiger partial charge is 4.00 e. The van der Waals surface area contributed by atoms with Gasteiger partial charge in [-0.3, -0.25) is 21.7 Å². The van der Waals surface area contributed by atoms with Gasteiger partial charge in [0.1, 0.15) is 0 Å². The Morgan fingerprint density at radius 1 is 0.571 bits per heavy atom. The molecule has 0 saturated carbocycles.